The third-order valence-corrected chi connectivity index (χ3v) is 4.00. The Morgan fingerprint density at radius 3 is 2.92 bits per heavy atom. The number of urea groups is 1. The number of fused-ring (bicyclic) bond motifs is 1. The highest BCUT2D eigenvalue weighted by atomic mass is 19.1. The van der Waals surface area contributed by atoms with E-state index in [1.807, 2.05) is 0 Å². The van der Waals surface area contributed by atoms with Crippen molar-refractivity contribution in [2.45, 2.75) is 38.6 Å². The van der Waals surface area contributed by atoms with Crippen LogP contribution >= 0.6 is 0 Å². The van der Waals surface area contributed by atoms with Gasteiger partial charge in [0.05, 0.1) is 5.69 Å². The Balaban J connectivity index is 1.51. The third-order valence-electron chi connectivity index (χ3n) is 4.00. The molecule has 6 nitrogen and oxygen atoms in total. The van der Waals surface area contributed by atoms with E-state index in [-0.39, 0.29) is 5.69 Å². The molecule has 0 atom stereocenters. The Morgan fingerprint density at radius 1 is 1.21 bits per heavy atom. The average Bonchev–Trinajstić information content (AvgIpc) is 2.78. The van der Waals surface area contributed by atoms with E-state index < -0.39 is 17.7 Å². The molecule has 2 N–H and O–H groups in total. The lowest BCUT2D eigenvalue weighted by Gasteiger charge is -2.09. The summed E-state index contributed by atoms with van der Waals surface area (Å²) >= 11 is 0. The summed E-state index contributed by atoms with van der Waals surface area (Å²) in [7, 11) is 0. The van der Waals surface area contributed by atoms with Crippen LogP contribution in [0.4, 0.5) is 19.3 Å². The summed E-state index contributed by atoms with van der Waals surface area (Å²) in [6, 6.07) is 2.45. The molecule has 0 fully saturated rings. The summed E-state index contributed by atoms with van der Waals surface area (Å²) in [4.78, 5) is 11.8. The fraction of sp³-hybridized carbons (Fsp3) is 0.438. The van der Waals surface area contributed by atoms with Crippen LogP contribution in [0.2, 0.25) is 0 Å². The molecule has 2 amide bonds. The lowest BCUT2D eigenvalue weighted by atomic mass is 10.2. The fourth-order valence-corrected chi connectivity index (χ4v) is 2.78. The molecule has 0 unspecified atom stereocenters. The molecule has 0 saturated carbocycles. The Hall–Kier alpha value is -2.51. The van der Waals surface area contributed by atoms with E-state index in [0.29, 0.717) is 13.0 Å². The maximum atomic E-state index is 13.5. The molecule has 1 aliphatic heterocycles. The van der Waals surface area contributed by atoms with Crippen LogP contribution < -0.4 is 10.6 Å². The minimum atomic E-state index is -0.812. The number of nitrogens with one attached hydrogen (secondary N) is 2. The first-order chi connectivity index (χ1) is 11.6. The zero-order valence-corrected chi connectivity index (χ0v) is 13.2. The van der Waals surface area contributed by atoms with Crippen molar-refractivity contribution in [2.75, 3.05) is 11.9 Å². The summed E-state index contributed by atoms with van der Waals surface area (Å²) in [5.41, 5.74) is -0.0646. The van der Waals surface area contributed by atoms with Crippen molar-refractivity contribution in [1.82, 2.24) is 20.1 Å². The standard InChI is InChI=1S/C16H19F2N5O/c17-11-5-6-13(12(18)10-11)20-16(24)19-8-7-15-22-21-14-4-2-1-3-9-23(14)15/h5-6,10H,1-4,7-9H2,(H2,19,20,24). The van der Waals surface area contributed by atoms with Crippen LogP contribution in [0.5, 0.6) is 0 Å². The highest BCUT2D eigenvalue weighted by Gasteiger charge is 2.14. The van der Waals surface area contributed by atoms with Crippen LogP contribution in [0.1, 0.15) is 30.9 Å². The fourth-order valence-electron chi connectivity index (χ4n) is 2.78. The molecule has 0 spiro atoms. The van der Waals surface area contributed by atoms with Gasteiger partial charge in [-0.2, -0.15) is 0 Å². The van der Waals surface area contributed by atoms with E-state index in [9.17, 15) is 13.6 Å². The van der Waals surface area contributed by atoms with Gasteiger partial charge in [-0.05, 0) is 25.0 Å². The number of halogens is 2. The van der Waals surface area contributed by atoms with Crippen molar-refractivity contribution in [3.8, 4) is 0 Å². The summed E-state index contributed by atoms with van der Waals surface area (Å²) < 4.78 is 28.4. The number of aryl methyl sites for hydroxylation is 1. The van der Waals surface area contributed by atoms with Crippen LogP contribution in [0.3, 0.4) is 0 Å². The van der Waals surface area contributed by atoms with E-state index in [0.717, 1.165) is 49.6 Å². The number of carbonyl (C=O) groups excluding carboxylic acids is 1. The molecule has 2 aromatic rings. The Bertz CT molecular complexity index is 731. The quantitative estimate of drug-likeness (QED) is 0.902. The average molecular weight is 335 g/mol. The van der Waals surface area contributed by atoms with Gasteiger partial charge in [0.25, 0.3) is 0 Å². The van der Waals surface area contributed by atoms with Gasteiger partial charge >= 0.3 is 6.03 Å². The summed E-state index contributed by atoms with van der Waals surface area (Å²) in [5, 5.41) is 13.4. The molecular formula is C16H19F2N5O. The zero-order valence-electron chi connectivity index (χ0n) is 13.2. The topological polar surface area (TPSA) is 71.8 Å². The van der Waals surface area contributed by atoms with Crippen molar-refractivity contribution in [2.24, 2.45) is 0 Å². The maximum Gasteiger partial charge on any atom is 0.319 e. The van der Waals surface area contributed by atoms with Gasteiger partial charge < -0.3 is 15.2 Å². The highest BCUT2D eigenvalue weighted by molar-refractivity contribution is 5.89. The molecule has 24 heavy (non-hydrogen) atoms. The van der Waals surface area contributed by atoms with E-state index in [1.54, 1.807) is 0 Å². The van der Waals surface area contributed by atoms with Gasteiger partial charge in [-0.1, -0.05) is 6.42 Å². The second-order valence-corrected chi connectivity index (χ2v) is 5.75. The Kier molecular flexibility index (Phi) is 5.02. The SMILES string of the molecule is O=C(NCCc1nnc2n1CCCCC2)Nc1ccc(F)cc1F. The first-order valence-electron chi connectivity index (χ1n) is 8.04. The molecule has 0 bridgehead atoms. The molecule has 128 valence electrons. The van der Waals surface area contributed by atoms with E-state index in [2.05, 4.69) is 25.4 Å². The third kappa shape index (κ3) is 3.87. The molecular weight excluding hydrogens is 316 g/mol. The van der Waals surface area contributed by atoms with Gasteiger partial charge in [0.1, 0.15) is 23.3 Å². The number of carbonyl (C=O) groups is 1. The number of benzene rings is 1. The molecule has 0 saturated heterocycles. The first-order valence-corrected chi connectivity index (χ1v) is 8.04. The minimum Gasteiger partial charge on any atom is -0.337 e. The van der Waals surface area contributed by atoms with Crippen LogP contribution in [-0.4, -0.2) is 27.3 Å². The maximum absolute atomic E-state index is 13.5. The van der Waals surface area contributed by atoms with Crippen molar-refractivity contribution < 1.29 is 13.6 Å². The van der Waals surface area contributed by atoms with Crippen LogP contribution in [0.15, 0.2) is 18.2 Å². The number of amides is 2. The van der Waals surface area contributed by atoms with E-state index in [4.69, 9.17) is 0 Å². The molecule has 1 aromatic heterocycles. The molecule has 0 aliphatic carbocycles. The summed E-state index contributed by atoms with van der Waals surface area (Å²) in [6.45, 7) is 1.26. The first kappa shape index (κ1) is 16.4. The number of rotatable bonds is 4. The Labute approximate surface area is 138 Å². The lowest BCUT2D eigenvalue weighted by Crippen LogP contribution is -2.31. The Morgan fingerprint density at radius 2 is 2.08 bits per heavy atom. The van der Waals surface area contributed by atoms with Crippen LogP contribution in [-0.2, 0) is 19.4 Å². The van der Waals surface area contributed by atoms with Crippen molar-refractivity contribution in [3.63, 3.8) is 0 Å². The number of anilines is 1. The molecule has 0 radical (unpaired) electrons. The molecule has 3 rings (SSSR count). The number of nitrogens with zero attached hydrogens (tertiary/aromatic N) is 3. The molecule has 1 aliphatic rings. The van der Waals surface area contributed by atoms with Crippen molar-refractivity contribution >= 4 is 11.7 Å². The molecule has 8 heteroatoms. The monoisotopic (exact) mass is 335 g/mol. The number of aromatic nitrogens is 3. The summed E-state index contributed by atoms with van der Waals surface area (Å²) in [6.07, 6.45) is 4.90. The van der Waals surface area contributed by atoms with Gasteiger partial charge in [0.15, 0.2) is 0 Å². The predicted octanol–water partition coefficient (Wildman–Crippen LogP) is 2.65. The summed E-state index contributed by atoms with van der Waals surface area (Å²) in [5.74, 6) is 0.347. The van der Waals surface area contributed by atoms with Crippen LogP contribution in [0, 0.1) is 11.6 Å². The number of hydrogen-bond acceptors (Lipinski definition) is 3. The second kappa shape index (κ2) is 7.37. The molecule has 1 aromatic carbocycles. The second-order valence-electron chi connectivity index (χ2n) is 5.75. The predicted molar refractivity (Wildman–Crippen MR) is 84.7 cm³/mol. The van der Waals surface area contributed by atoms with E-state index in [1.165, 1.54) is 12.5 Å². The normalized spacial score (nSPS) is 13.9. The minimum absolute atomic E-state index is 0.0646. The number of hydrogen-bond donors (Lipinski definition) is 2. The van der Waals surface area contributed by atoms with Crippen molar-refractivity contribution in [3.05, 3.63) is 41.5 Å². The van der Waals surface area contributed by atoms with Crippen molar-refractivity contribution in [1.29, 1.82) is 0 Å². The van der Waals surface area contributed by atoms with Gasteiger partial charge in [-0.25, -0.2) is 13.6 Å². The van der Waals surface area contributed by atoms with Gasteiger partial charge in [0.2, 0.25) is 0 Å². The van der Waals surface area contributed by atoms with Gasteiger partial charge in [-0.3, -0.25) is 0 Å². The van der Waals surface area contributed by atoms with Gasteiger partial charge in [0, 0.05) is 32.0 Å². The van der Waals surface area contributed by atoms with Gasteiger partial charge in [-0.15, -0.1) is 10.2 Å². The zero-order chi connectivity index (χ0) is 16.9. The smallest absolute Gasteiger partial charge is 0.319 e. The largest absolute Gasteiger partial charge is 0.337 e. The van der Waals surface area contributed by atoms with Crippen LogP contribution in [0.25, 0.3) is 0 Å². The van der Waals surface area contributed by atoms with E-state index >= 15 is 0 Å². The lowest BCUT2D eigenvalue weighted by molar-refractivity contribution is 0.252. The highest BCUT2D eigenvalue weighted by Crippen LogP contribution is 2.15. The molecule has 2 heterocycles.